The minimum Gasteiger partial charge on any atom is -0.480 e. The molecule has 0 aromatic heterocycles. The summed E-state index contributed by atoms with van der Waals surface area (Å²) < 4.78 is 0. The average molecular weight is 265 g/mol. The van der Waals surface area contributed by atoms with Crippen LogP contribution < -0.4 is 5.32 Å². The highest BCUT2D eigenvalue weighted by Crippen LogP contribution is 2.04. The normalized spacial score (nSPS) is 11.8. The molecule has 104 valence electrons. The smallest absolute Gasteiger partial charge is 0.326 e. The summed E-state index contributed by atoms with van der Waals surface area (Å²) in [6.07, 6.45) is 1.76. The molecule has 0 aliphatic carbocycles. The summed E-state index contributed by atoms with van der Waals surface area (Å²) in [5.74, 6) is -1.41. The molecule has 5 nitrogen and oxygen atoms in total. The van der Waals surface area contributed by atoms with E-state index in [0.29, 0.717) is 6.42 Å². The number of carbonyl (C=O) groups is 2. The number of aliphatic hydroxyl groups is 1. The first-order chi connectivity index (χ1) is 9.13. The van der Waals surface area contributed by atoms with Gasteiger partial charge in [0.15, 0.2) is 0 Å². The van der Waals surface area contributed by atoms with Gasteiger partial charge in [0.05, 0.1) is 0 Å². The molecule has 0 heterocycles. The van der Waals surface area contributed by atoms with Crippen molar-refractivity contribution in [3.63, 3.8) is 0 Å². The number of aliphatic carboxylic acids is 1. The van der Waals surface area contributed by atoms with E-state index < -0.39 is 12.0 Å². The molecule has 0 fully saturated rings. The second-order valence-corrected chi connectivity index (χ2v) is 4.31. The van der Waals surface area contributed by atoms with E-state index in [-0.39, 0.29) is 25.4 Å². The first-order valence-electron chi connectivity index (χ1n) is 6.30. The van der Waals surface area contributed by atoms with Gasteiger partial charge >= 0.3 is 5.97 Å². The lowest BCUT2D eigenvalue weighted by Gasteiger charge is -2.13. The Kier molecular flexibility index (Phi) is 6.60. The molecule has 0 radical (unpaired) electrons. The molecule has 0 aliphatic rings. The Balaban J connectivity index is 2.29. The number of rotatable bonds is 8. The first-order valence-corrected chi connectivity index (χ1v) is 6.30. The second kappa shape index (κ2) is 8.26. The maximum atomic E-state index is 11.6. The van der Waals surface area contributed by atoms with Crippen molar-refractivity contribution in [1.29, 1.82) is 0 Å². The standard InChI is InChI=1S/C14H19NO4/c16-10-9-12(14(18)19)15-13(17)8-4-7-11-5-2-1-3-6-11/h1-3,5-6,12,16H,4,7-10H2,(H,15,17)(H,18,19). The number of hydrogen-bond acceptors (Lipinski definition) is 3. The summed E-state index contributed by atoms with van der Waals surface area (Å²) in [4.78, 5) is 22.4. The lowest BCUT2D eigenvalue weighted by atomic mass is 10.1. The number of benzene rings is 1. The summed E-state index contributed by atoms with van der Waals surface area (Å²) in [7, 11) is 0. The molecule has 0 saturated carbocycles. The van der Waals surface area contributed by atoms with Crippen LogP contribution >= 0.6 is 0 Å². The van der Waals surface area contributed by atoms with Crippen molar-refractivity contribution in [3.8, 4) is 0 Å². The third kappa shape index (κ3) is 6.01. The largest absolute Gasteiger partial charge is 0.480 e. The van der Waals surface area contributed by atoms with Crippen molar-refractivity contribution in [3.05, 3.63) is 35.9 Å². The average Bonchev–Trinajstić information content (AvgIpc) is 2.39. The quantitative estimate of drug-likeness (QED) is 0.653. The summed E-state index contributed by atoms with van der Waals surface area (Å²) in [5.41, 5.74) is 1.15. The van der Waals surface area contributed by atoms with Crippen LogP contribution in [0, 0.1) is 0 Å². The van der Waals surface area contributed by atoms with Crippen LogP contribution in [0.15, 0.2) is 30.3 Å². The van der Waals surface area contributed by atoms with E-state index in [1.165, 1.54) is 0 Å². The number of carboxylic acids is 1. The molecule has 1 atom stereocenters. The molecular formula is C14H19NO4. The summed E-state index contributed by atoms with van der Waals surface area (Å²) in [6.45, 7) is -0.263. The molecule has 3 N–H and O–H groups in total. The van der Waals surface area contributed by atoms with Gasteiger partial charge in [-0.2, -0.15) is 0 Å². The lowest BCUT2D eigenvalue weighted by molar-refractivity contribution is -0.142. The SMILES string of the molecule is O=C(CCCc1ccccc1)NC(CCO)C(=O)O. The van der Waals surface area contributed by atoms with E-state index in [4.69, 9.17) is 10.2 Å². The molecule has 1 amide bonds. The number of nitrogens with one attached hydrogen (secondary N) is 1. The molecule has 0 aliphatic heterocycles. The molecule has 1 aromatic rings. The predicted molar refractivity (Wildman–Crippen MR) is 70.6 cm³/mol. The minimum absolute atomic E-state index is 0.0275. The third-order valence-electron chi connectivity index (χ3n) is 2.76. The van der Waals surface area contributed by atoms with Crippen LogP contribution in [0.25, 0.3) is 0 Å². The van der Waals surface area contributed by atoms with Crippen molar-refractivity contribution in [2.75, 3.05) is 6.61 Å². The number of amides is 1. The zero-order chi connectivity index (χ0) is 14.1. The van der Waals surface area contributed by atoms with Gasteiger partial charge in [-0.05, 0) is 18.4 Å². The van der Waals surface area contributed by atoms with Gasteiger partial charge in [0.1, 0.15) is 6.04 Å². The molecule has 19 heavy (non-hydrogen) atoms. The van der Waals surface area contributed by atoms with Gasteiger partial charge in [-0.15, -0.1) is 0 Å². The highest BCUT2D eigenvalue weighted by molar-refractivity contribution is 5.83. The maximum absolute atomic E-state index is 11.6. The van der Waals surface area contributed by atoms with Gasteiger partial charge in [-0.3, -0.25) is 4.79 Å². The third-order valence-corrected chi connectivity index (χ3v) is 2.76. The first kappa shape index (κ1) is 15.2. The highest BCUT2D eigenvalue weighted by atomic mass is 16.4. The van der Waals surface area contributed by atoms with E-state index in [0.717, 1.165) is 12.0 Å². The second-order valence-electron chi connectivity index (χ2n) is 4.31. The summed E-state index contributed by atoms with van der Waals surface area (Å²) in [5, 5.41) is 19.9. The van der Waals surface area contributed by atoms with Gasteiger partial charge in [-0.1, -0.05) is 30.3 Å². The van der Waals surface area contributed by atoms with Crippen molar-refractivity contribution in [2.45, 2.75) is 31.7 Å². The molecule has 5 heteroatoms. The van der Waals surface area contributed by atoms with Crippen molar-refractivity contribution < 1.29 is 19.8 Å². The summed E-state index contributed by atoms with van der Waals surface area (Å²) >= 11 is 0. The Morgan fingerprint density at radius 1 is 1.21 bits per heavy atom. The Morgan fingerprint density at radius 2 is 1.89 bits per heavy atom. The van der Waals surface area contributed by atoms with Crippen LogP contribution in [-0.2, 0) is 16.0 Å². The molecule has 1 unspecified atom stereocenters. The van der Waals surface area contributed by atoms with E-state index in [9.17, 15) is 9.59 Å². The van der Waals surface area contributed by atoms with Crippen molar-refractivity contribution in [1.82, 2.24) is 5.32 Å². The fourth-order valence-corrected chi connectivity index (χ4v) is 1.75. The van der Waals surface area contributed by atoms with Crippen LogP contribution in [0.1, 0.15) is 24.8 Å². The highest BCUT2D eigenvalue weighted by Gasteiger charge is 2.18. The number of carboxylic acid groups (broad SMARTS) is 1. The van der Waals surface area contributed by atoms with Gasteiger partial charge in [0.25, 0.3) is 0 Å². The van der Waals surface area contributed by atoms with Crippen molar-refractivity contribution in [2.24, 2.45) is 0 Å². The molecular weight excluding hydrogens is 246 g/mol. The fraction of sp³-hybridized carbons (Fsp3) is 0.429. The fourth-order valence-electron chi connectivity index (χ4n) is 1.75. The topological polar surface area (TPSA) is 86.6 Å². The Hall–Kier alpha value is -1.88. The maximum Gasteiger partial charge on any atom is 0.326 e. The molecule has 0 bridgehead atoms. The van der Waals surface area contributed by atoms with E-state index in [2.05, 4.69) is 5.32 Å². The predicted octanol–water partition coefficient (Wildman–Crippen LogP) is 0.961. The molecule has 0 spiro atoms. The van der Waals surface area contributed by atoms with Crippen LogP contribution in [-0.4, -0.2) is 34.7 Å². The van der Waals surface area contributed by atoms with E-state index in [1.54, 1.807) is 0 Å². The zero-order valence-corrected chi connectivity index (χ0v) is 10.7. The minimum atomic E-state index is -1.12. The Labute approximate surface area is 112 Å². The van der Waals surface area contributed by atoms with Crippen LogP contribution in [0.3, 0.4) is 0 Å². The number of hydrogen-bond donors (Lipinski definition) is 3. The molecule has 1 aromatic carbocycles. The van der Waals surface area contributed by atoms with Gasteiger partial charge < -0.3 is 15.5 Å². The molecule has 0 saturated heterocycles. The van der Waals surface area contributed by atoms with E-state index in [1.807, 2.05) is 30.3 Å². The number of carbonyl (C=O) groups excluding carboxylic acids is 1. The Morgan fingerprint density at radius 3 is 2.47 bits per heavy atom. The number of aryl methyl sites for hydroxylation is 1. The monoisotopic (exact) mass is 265 g/mol. The lowest BCUT2D eigenvalue weighted by Crippen LogP contribution is -2.41. The van der Waals surface area contributed by atoms with Crippen molar-refractivity contribution >= 4 is 11.9 Å². The van der Waals surface area contributed by atoms with Crippen LogP contribution in [0.2, 0.25) is 0 Å². The Bertz CT molecular complexity index is 405. The zero-order valence-electron chi connectivity index (χ0n) is 10.7. The number of aliphatic hydroxyl groups excluding tert-OH is 1. The van der Waals surface area contributed by atoms with Crippen LogP contribution in [0.4, 0.5) is 0 Å². The van der Waals surface area contributed by atoms with Crippen LogP contribution in [0.5, 0.6) is 0 Å². The van der Waals surface area contributed by atoms with Gasteiger partial charge in [0, 0.05) is 19.4 Å². The summed E-state index contributed by atoms with van der Waals surface area (Å²) in [6, 6.07) is 8.79. The van der Waals surface area contributed by atoms with Gasteiger partial charge in [0.2, 0.25) is 5.91 Å². The van der Waals surface area contributed by atoms with Gasteiger partial charge in [-0.25, -0.2) is 4.79 Å². The van der Waals surface area contributed by atoms with E-state index >= 15 is 0 Å². The molecule has 1 rings (SSSR count).